The number of phenolic OH excluding ortho intramolecular Hbond substituents is 1. The topological polar surface area (TPSA) is 66.4 Å². The molecule has 0 aliphatic rings. The van der Waals surface area contributed by atoms with Gasteiger partial charge in [0.1, 0.15) is 5.75 Å². The predicted molar refractivity (Wildman–Crippen MR) is 68.7 cm³/mol. The van der Waals surface area contributed by atoms with Gasteiger partial charge in [0, 0.05) is 28.9 Å². The molecular weight excluding hydrogens is 238 g/mol. The second kappa shape index (κ2) is 5.82. The lowest BCUT2D eigenvalue weighted by Gasteiger charge is -2.11. The van der Waals surface area contributed by atoms with Gasteiger partial charge in [-0.05, 0) is 26.0 Å². The summed E-state index contributed by atoms with van der Waals surface area (Å²) in [5, 5.41) is 12.1. The van der Waals surface area contributed by atoms with Crippen molar-refractivity contribution < 1.29 is 14.1 Å². The monoisotopic (exact) mass is 255 g/mol. The van der Waals surface area contributed by atoms with Gasteiger partial charge >= 0.3 is 0 Å². The van der Waals surface area contributed by atoms with Gasteiger partial charge in [0.05, 0.1) is 5.56 Å². The maximum atomic E-state index is 11.8. The van der Waals surface area contributed by atoms with Crippen molar-refractivity contribution in [2.45, 2.75) is 19.1 Å². The third-order valence-corrected chi connectivity index (χ3v) is 3.81. The number of hydrogen-bond acceptors (Lipinski definition) is 3. The first-order chi connectivity index (χ1) is 7.91. The minimum Gasteiger partial charge on any atom is -0.507 e. The number of rotatable bonds is 4. The SMILES string of the molecule is Cc1ccc(O)c(C(=O)NCC(C)S(C)=O)c1. The van der Waals surface area contributed by atoms with Gasteiger partial charge in [-0.3, -0.25) is 9.00 Å². The van der Waals surface area contributed by atoms with Crippen LogP contribution in [0.3, 0.4) is 0 Å². The number of aromatic hydroxyl groups is 1. The van der Waals surface area contributed by atoms with Crippen molar-refractivity contribution in [1.82, 2.24) is 5.32 Å². The van der Waals surface area contributed by atoms with E-state index in [1.54, 1.807) is 25.3 Å². The Morgan fingerprint density at radius 1 is 1.53 bits per heavy atom. The Balaban J connectivity index is 2.70. The van der Waals surface area contributed by atoms with Crippen LogP contribution in [0.15, 0.2) is 18.2 Å². The summed E-state index contributed by atoms with van der Waals surface area (Å²) in [5.41, 5.74) is 1.15. The first kappa shape index (κ1) is 13.7. The normalized spacial score (nSPS) is 14.1. The van der Waals surface area contributed by atoms with E-state index in [-0.39, 0.29) is 22.5 Å². The van der Waals surface area contributed by atoms with Crippen molar-refractivity contribution in [3.63, 3.8) is 0 Å². The van der Waals surface area contributed by atoms with E-state index < -0.39 is 10.8 Å². The van der Waals surface area contributed by atoms with Gasteiger partial charge in [0.25, 0.3) is 5.91 Å². The summed E-state index contributed by atoms with van der Waals surface area (Å²) in [6, 6.07) is 4.85. The van der Waals surface area contributed by atoms with E-state index in [1.807, 2.05) is 6.92 Å². The summed E-state index contributed by atoms with van der Waals surface area (Å²) in [6.45, 7) is 3.97. The van der Waals surface area contributed by atoms with Crippen molar-refractivity contribution in [3.05, 3.63) is 29.3 Å². The average molecular weight is 255 g/mol. The zero-order valence-corrected chi connectivity index (χ0v) is 11.0. The number of phenols is 1. The largest absolute Gasteiger partial charge is 0.507 e. The molecule has 0 heterocycles. The molecule has 0 fully saturated rings. The molecule has 0 aliphatic carbocycles. The van der Waals surface area contributed by atoms with Gasteiger partial charge in [0.2, 0.25) is 0 Å². The lowest BCUT2D eigenvalue weighted by molar-refractivity contribution is 0.0951. The Bertz CT molecular complexity index is 445. The molecule has 5 heteroatoms. The van der Waals surface area contributed by atoms with Gasteiger partial charge in [-0.2, -0.15) is 0 Å². The van der Waals surface area contributed by atoms with Gasteiger partial charge in [-0.1, -0.05) is 11.6 Å². The van der Waals surface area contributed by atoms with Crippen LogP contribution in [0.5, 0.6) is 5.75 Å². The molecule has 2 atom stereocenters. The van der Waals surface area contributed by atoms with E-state index in [2.05, 4.69) is 5.32 Å². The van der Waals surface area contributed by atoms with E-state index in [0.29, 0.717) is 6.54 Å². The van der Waals surface area contributed by atoms with Crippen LogP contribution >= 0.6 is 0 Å². The Labute approximate surface area is 104 Å². The predicted octanol–water partition coefficient (Wildman–Crippen LogP) is 1.20. The second-order valence-corrected chi connectivity index (χ2v) is 5.84. The second-order valence-electron chi connectivity index (χ2n) is 4.04. The van der Waals surface area contributed by atoms with E-state index in [9.17, 15) is 14.1 Å². The molecular formula is C12H17NO3S. The Morgan fingerprint density at radius 3 is 2.76 bits per heavy atom. The number of carbonyl (C=O) groups excluding carboxylic acids is 1. The Hall–Kier alpha value is -1.36. The molecule has 0 spiro atoms. The highest BCUT2D eigenvalue weighted by atomic mass is 32.2. The van der Waals surface area contributed by atoms with Crippen LogP contribution in [0.2, 0.25) is 0 Å². The zero-order valence-electron chi connectivity index (χ0n) is 10.2. The molecule has 94 valence electrons. The zero-order chi connectivity index (χ0) is 13.0. The molecule has 1 aromatic rings. The van der Waals surface area contributed by atoms with Gasteiger partial charge < -0.3 is 10.4 Å². The number of carbonyl (C=O) groups is 1. The van der Waals surface area contributed by atoms with E-state index in [4.69, 9.17) is 0 Å². The number of amides is 1. The summed E-state index contributed by atoms with van der Waals surface area (Å²) < 4.78 is 11.1. The van der Waals surface area contributed by atoms with Gasteiger partial charge in [-0.25, -0.2) is 0 Å². The highest BCUT2D eigenvalue weighted by molar-refractivity contribution is 7.84. The van der Waals surface area contributed by atoms with Crippen LogP contribution in [0, 0.1) is 6.92 Å². The fraction of sp³-hybridized carbons (Fsp3) is 0.417. The highest BCUT2D eigenvalue weighted by Crippen LogP contribution is 2.17. The van der Waals surface area contributed by atoms with Gasteiger partial charge in [0.15, 0.2) is 0 Å². The molecule has 17 heavy (non-hydrogen) atoms. The Kier molecular flexibility index (Phi) is 4.69. The summed E-state index contributed by atoms with van der Waals surface area (Å²) in [4.78, 5) is 11.8. The van der Waals surface area contributed by atoms with Crippen molar-refractivity contribution in [3.8, 4) is 5.75 Å². The van der Waals surface area contributed by atoms with Crippen molar-refractivity contribution in [1.29, 1.82) is 0 Å². The minimum atomic E-state index is -0.970. The van der Waals surface area contributed by atoms with Crippen LogP contribution in [-0.2, 0) is 10.8 Å². The maximum absolute atomic E-state index is 11.8. The lowest BCUT2D eigenvalue weighted by Crippen LogP contribution is -2.32. The average Bonchev–Trinajstić information content (AvgIpc) is 2.28. The molecule has 0 saturated carbocycles. The number of benzene rings is 1. The van der Waals surface area contributed by atoms with Crippen LogP contribution in [0.1, 0.15) is 22.8 Å². The molecule has 0 saturated heterocycles. The molecule has 2 N–H and O–H groups in total. The highest BCUT2D eigenvalue weighted by Gasteiger charge is 2.13. The molecule has 4 nitrogen and oxygen atoms in total. The van der Waals surface area contributed by atoms with Crippen LogP contribution < -0.4 is 5.32 Å². The third kappa shape index (κ3) is 3.85. The molecule has 1 aromatic carbocycles. The maximum Gasteiger partial charge on any atom is 0.255 e. The van der Waals surface area contributed by atoms with Crippen molar-refractivity contribution in [2.75, 3.05) is 12.8 Å². The fourth-order valence-electron chi connectivity index (χ4n) is 1.28. The van der Waals surface area contributed by atoms with Crippen LogP contribution in [0.25, 0.3) is 0 Å². The van der Waals surface area contributed by atoms with Crippen LogP contribution in [-0.4, -0.2) is 33.3 Å². The number of nitrogens with one attached hydrogen (secondary N) is 1. The number of hydrogen-bond donors (Lipinski definition) is 2. The smallest absolute Gasteiger partial charge is 0.255 e. The number of aryl methyl sites for hydroxylation is 1. The van der Waals surface area contributed by atoms with Gasteiger partial charge in [-0.15, -0.1) is 0 Å². The molecule has 2 unspecified atom stereocenters. The molecule has 0 aliphatic heterocycles. The van der Waals surface area contributed by atoms with Crippen molar-refractivity contribution >= 4 is 16.7 Å². The molecule has 0 radical (unpaired) electrons. The quantitative estimate of drug-likeness (QED) is 0.849. The molecule has 1 rings (SSSR count). The summed E-state index contributed by atoms with van der Waals surface area (Å²) >= 11 is 0. The van der Waals surface area contributed by atoms with Crippen LogP contribution in [0.4, 0.5) is 0 Å². The lowest BCUT2D eigenvalue weighted by atomic mass is 10.1. The van der Waals surface area contributed by atoms with Crippen molar-refractivity contribution in [2.24, 2.45) is 0 Å². The summed E-state index contributed by atoms with van der Waals surface area (Å²) in [5.74, 6) is -0.387. The third-order valence-electron chi connectivity index (χ3n) is 2.51. The first-order valence-electron chi connectivity index (χ1n) is 5.32. The van der Waals surface area contributed by atoms with E-state index >= 15 is 0 Å². The summed E-state index contributed by atoms with van der Waals surface area (Å²) in [7, 11) is -0.970. The molecule has 0 bridgehead atoms. The van der Waals surface area contributed by atoms with E-state index in [1.165, 1.54) is 6.07 Å². The summed E-state index contributed by atoms with van der Waals surface area (Å²) in [6.07, 6.45) is 1.60. The minimum absolute atomic E-state index is 0.0432. The first-order valence-corrected chi connectivity index (χ1v) is 6.94. The standard InChI is InChI=1S/C12H17NO3S/c1-8-4-5-11(14)10(6-8)12(15)13-7-9(2)17(3)16/h4-6,9,14H,7H2,1-3H3,(H,13,15). The van der Waals surface area contributed by atoms with E-state index in [0.717, 1.165) is 5.56 Å². The molecule has 1 amide bonds. The fourth-order valence-corrected chi connectivity index (χ4v) is 1.60. The Morgan fingerprint density at radius 2 is 2.18 bits per heavy atom. The molecule has 0 aromatic heterocycles.